The number of anilines is 1. The van der Waals surface area contributed by atoms with Crippen molar-refractivity contribution >= 4 is 11.7 Å². The van der Waals surface area contributed by atoms with Crippen LogP contribution in [0.2, 0.25) is 0 Å². The number of carbonyl (C=O) groups is 1. The Morgan fingerprint density at radius 3 is 2.72 bits per heavy atom. The number of nitrogens with zero attached hydrogens (tertiary/aromatic N) is 1. The summed E-state index contributed by atoms with van der Waals surface area (Å²) in [6.07, 6.45) is -0.823. The highest BCUT2D eigenvalue weighted by atomic mass is 16.5. The normalized spacial score (nSPS) is 11.4. The molecule has 1 aromatic rings. The van der Waals surface area contributed by atoms with Gasteiger partial charge in [0.2, 0.25) is 0 Å². The smallest absolute Gasteiger partial charge is 0.308 e. The van der Waals surface area contributed by atoms with Gasteiger partial charge in [-0.05, 0) is 31.2 Å². The second-order valence-electron chi connectivity index (χ2n) is 3.73. The lowest BCUT2D eigenvalue weighted by atomic mass is 10.2. The lowest BCUT2D eigenvalue weighted by Crippen LogP contribution is -2.23. The summed E-state index contributed by atoms with van der Waals surface area (Å²) < 4.78 is 4.73. The van der Waals surface area contributed by atoms with Crippen molar-refractivity contribution in [2.45, 2.75) is 19.4 Å². The highest BCUT2D eigenvalue weighted by Gasteiger charge is 2.11. The summed E-state index contributed by atoms with van der Waals surface area (Å²) in [6.45, 7) is 2.29. The van der Waals surface area contributed by atoms with Crippen LogP contribution in [-0.4, -0.2) is 30.3 Å². The highest BCUT2D eigenvalue weighted by Crippen LogP contribution is 2.09. The summed E-state index contributed by atoms with van der Waals surface area (Å²) in [7, 11) is 0. The molecule has 5 nitrogen and oxygen atoms in total. The van der Waals surface area contributed by atoms with Gasteiger partial charge in [-0.3, -0.25) is 4.79 Å². The van der Waals surface area contributed by atoms with Gasteiger partial charge in [0, 0.05) is 12.2 Å². The van der Waals surface area contributed by atoms with E-state index in [9.17, 15) is 9.90 Å². The molecule has 0 heterocycles. The monoisotopic (exact) mass is 248 g/mol. The molecule has 96 valence electrons. The Bertz CT molecular complexity index is 423. The van der Waals surface area contributed by atoms with E-state index in [0.29, 0.717) is 12.2 Å². The molecule has 1 rings (SSSR count). The number of benzene rings is 1. The maximum absolute atomic E-state index is 11.1. The zero-order chi connectivity index (χ0) is 13.4. The van der Waals surface area contributed by atoms with Gasteiger partial charge in [0.1, 0.15) is 0 Å². The van der Waals surface area contributed by atoms with Crippen molar-refractivity contribution in [3.8, 4) is 6.07 Å². The summed E-state index contributed by atoms with van der Waals surface area (Å²) in [4.78, 5) is 11.1. The maximum Gasteiger partial charge on any atom is 0.308 e. The van der Waals surface area contributed by atoms with Gasteiger partial charge in [-0.2, -0.15) is 5.26 Å². The molecule has 0 aromatic heterocycles. The predicted octanol–water partition coefficient (Wildman–Crippen LogP) is 1.28. The first-order chi connectivity index (χ1) is 8.65. The first-order valence-corrected chi connectivity index (χ1v) is 5.73. The highest BCUT2D eigenvalue weighted by molar-refractivity contribution is 5.70. The molecule has 0 bridgehead atoms. The van der Waals surface area contributed by atoms with Gasteiger partial charge in [0.25, 0.3) is 0 Å². The molecule has 2 N–H and O–H groups in total. The molecule has 0 spiro atoms. The SMILES string of the molecule is CCOC(=O)CC(O)CNc1ccc(C#N)cc1. The van der Waals surface area contributed by atoms with E-state index in [4.69, 9.17) is 10.00 Å². The molecule has 0 fully saturated rings. The van der Waals surface area contributed by atoms with E-state index in [0.717, 1.165) is 5.69 Å². The van der Waals surface area contributed by atoms with Gasteiger partial charge in [-0.25, -0.2) is 0 Å². The summed E-state index contributed by atoms with van der Waals surface area (Å²) in [5.41, 5.74) is 1.37. The Morgan fingerprint density at radius 1 is 1.50 bits per heavy atom. The Hall–Kier alpha value is -2.06. The van der Waals surface area contributed by atoms with Crippen LogP contribution in [0.3, 0.4) is 0 Å². The summed E-state index contributed by atoms with van der Waals surface area (Å²) >= 11 is 0. The molecular weight excluding hydrogens is 232 g/mol. The number of ether oxygens (including phenoxy) is 1. The molecule has 1 unspecified atom stereocenters. The van der Waals surface area contributed by atoms with E-state index in [1.807, 2.05) is 6.07 Å². The predicted molar refractivity (Wildman–Crippen MR) is 66.9 cm³/mol. The third kappa shape index (κ3) is 4.85. The van der Waals surface area contributed by atoms with Crippen LogP contribution in [0.1, 0.15) is 18.9 Å². The van der Waals surface area contributed by atoms with Crippen LogP contribution in [0.25, 0.3) is 0 Å². The number of esters is 1. The van der Waals surface area contributed by atoms with Gasteiger partial charge in [0.15, 0.2) is 0 Å². The first-order valence-electron chi connectivity index (χ1n) is 5.73. The van der Waals surface area contributed by atoms with Crippen molar-refractivity contribution in [2.24, 2.45) is 0 Å². The molecular formula is C13H16N2O3. The van der Waals surface area contributed by atoms with Crippen LogP contribution in [0.4, 0.5) is 5.69 Å². The molecule has 0 amide bonds. The van der Waals surface area contributed by atoms with Crippen LogP contribution in [0.5, 0.6) is 0 Å². The van der Waals surface area contributed by atoms with E-state index in [1.165, 1.54) is 0 Å². The van der Waals surface area contributed by atoms with Gasteiger partial charge < -0.3 is 15.2 Å². The summed E-state index contributed by atoms with van der Waals surface area (Å²) in [6, 6.07) is 8.87. The molecule has 0 aliphatic rings. The Kier molecular flexibility index (Phi) is 5.68. The van der Waals surface area contributed by atoms with Gasteiger partial charge in [0.05, 0.1) is 30.8 Å². The number of aliphatic hydroxyl groups excluding tert-OH is 1. The molecule has 5 heteroatoms. The molecule has 0 radical (unpaired) electrons. The van der Waals surface area contributed by atoms with Crippen LogP contribution >= 0.6 is 0 Å². The van der Waals surface area contributed by atoms with Crippen molar-refractivity contribution in [3.05, 3.63) is 29.8 Å². The molecule has 0 saturated carbocycles. The maximum atomic E-state index is 11.1. The molecule has 1 atom stereocenters. The van der Waals surface area contributed by atoms with E-state index in [1.54, 1.807) is 31.2 Å². The van der Waals surface area contributed by atoms with Crippen LogP contribution < -0.4 is 5.32 Å². The number of hydrogen-bond donors (Lipinski definition) is 2. The second kappa shape index (κ2) is 7.30. The number of rotatable bonds is 6. The van der Waals surface area contributed by atoms with Crippen molar-refractivity contribution in [3.63, 3.8) is 0 Å². The molecule has 0 aliphatic carbocycles. The fourth-order valence-electron chi connectivity index (χ4n) is 1.38. The van der Waals surface area contributed by atoms with Crippen molar-refractivity contribution < 1.29 is 14.6 Å². The van der Waals surface area contributed by atoms with Crippen molar-refractivity contribution in [1.29, 1.82) is 5.26 Å². The van der Waals surface area contributed by atoms with Gasteiger partial charge in [-0.15, -0.1) is 0 Å². The number of nitrogens with one attached hydrogen (secondary N) is 1. The van der Waals surface area contributed by atoms with Crippen LogP contribution in [0.15, 0.2) is 24.3 Å². The summed E-state index contributed by atoms with van der Waals surface area (Å²) in [5.74, 6) is -0.411. The number of nitriles is 1. The molecule has 18 heavy (non-hydrogen) atoms. The topological polar surface area (TPSA) is 82.3 Å². The minimum atomic E-state index is -0.792. The quantitative estimate of drug-likeness (QED) is 0.741. The number of carbonyl (C=O) groups excluding carboxylic acids is 1. The van der Waals surface area contributed by atoms with Gasteiger partial charge >= 0.3 is 5.97 Å². The van der Waals surface area contributed by atoms with Crippen LogP contribution in [0, 0.1) is 11.3 Å². The van der Waals surface area contributed by atoms with E-state index < -0.39 is 12.1 Å². The Morgan fingerprint density at radius 2 is 2.17 bits per heavy atom. The second-order valence-corrected chi connectivity index (χ2v) is 3.73. The van der Waals surface area contributed by atoms with E-state index in [-0.39, 0.29) is 13.0 Å². The Balaban J connectivity index is 2.35. The standard InChI is InChI=1S/C13H16N2O3/c1-2-18-13(17)7-12(16)9-15-11-5-3-10(8-14)4-6-11/h3-6,12,15-16H,2,7,9H2,1H3. The Labute approximate surface area is 106 Å². The number of hydrogen-bond acceptors (Lipinski definition) is 5. The molecule has 1 aromatic carbocycles. The fraction of sp³-hybridized carbons (Fsp3) is 0.385. The van der Waals surface area contributed by atoms with Gasteiger partial charge in [-0.1, -0.05) is 0 Å². The third-order valence-electron chi connectivity index (χ3n) is 2.26. The lowest BCUT2D eigenvalue weighted by Gasteiger charge is -2.12. The molecule has 0 saturated heterocycles. The summed E-state index contributed by atoms with van der Waals surface area (Å²) in [5, 5.41) is 21.2. The van der Waals surface area contributed by atoms with E-state index in [2.05, 4.69) is 5.32 Å². The van der Waals surface area contributed by atoms with Crippen molar-refractivity contribution in [2.75, 3.05) is 18.5 Å². The third-order valence-corrected chi connectivity index (χ3v) is 2.26. The minimum absolute atomic E-state index is 0.0306. The fourth-order valence-corrected chi connectivity index (χ4v) is 1.38. The average Bonchev–Trinajstić information content (AvgIpc) is 2.37. The zero-order valence-electron chi connectivity index (χ0n) is 10.2. The van der Waals surface area contributed by atoms with E-state index >= 15 is 0 Å². The first kappa shape index (κ1) is 14.0. The molecule has 0 aliphatic heterocycles. The zero-order valence-corrected chi connectivity index (χ0v) is 10.2. The average molecular weight is 248 g/mol. The van der Waals surface area contributed by atoms with Crippen molar-refractivity contribution in [1.82, 2.24) is 0 Å². The lowest BCUT2D eigenvalue weighted by molar-refractivity contribution is -0.145. The minimum Gasteiger partial charge on any atom is -0.466 e. The largest absolute Gasteiger partial charge is 0.466 e. The number of aliphatic hydroxyl groups is 1. The van der Waals surface area contributed by atoms with Crippen LogP contribution in [-0.2, 0) is 9.53 Å².